The topological polar surface area (TPSA) is 57.7 Å². The summed E-state index contributed by atoms with van der Waals surface area (Å²) in [6, 6.07) is 22.4. The van der Waals surface area contributed by atoms with Gasteiger partial charge < -0.3 is 4.90 Å². The smallest absolute Gasteiger partial charge is 0.254 e. The lowest BCUT2D eigenvalue weighted by molar-refractivity contribution is 0.0605. The first-order chi connectivity index (χ1) is 15.0. The van der Waals surface area contributed by atoms with Crippen molar-refractivity contribution in [3.8, 4) is 0 Å². The van der Waals surface area contributed by atoms with Gasteiger partial charge in [-0.25, -0.2) is 8.42 Å². The van der Waals surface area contributed by atoms with Crippen molar-refractivity contribution in [2.75, 3.05) is 25.4 Å². The minimum atomic E-state index is -3.60. The van der Waals surface area contributed by atoms with Gasteiger partial charge in [0.15, 0.2) is 0 Å². The standard InChI is InChI=1S/C24H24N2O3S2/c27-23(20-8-2-1-3-9-20)26-17-18-30-24(26)13-15-25(16-14-24)31(28,29)22-12-6-10-19-7-4-5-11-21(19)22/h1-12H,13-18H2. The number of hydrogen-bond acceptors (Lipinski definition) is 4. The molecule has 2 aliphatic rings. The number of piperidine rings is 1. The number of fused-ring (bicyclic) bond motifs is 1. The van der Waals surface area contributed by atoms with Gasteiger partial charge in [0.2, 0.25) is 10.0 Å². The molecule has 0 N–H and O–H groups in total. The maximum atomic E-state index is 13.5. The van der Waals surface area contributed by atoms with E-state index in [-0.39, 0.29) is 10.8 Å². The zero-order chi connectivity index (χ0) is 21.5. The van der Waals surface area contributed by atoms with Crippen LogP contribution in [-0.2, 0) is 10.0 Å². The van der Waals surface area contributed by atoms with E-state index in [1.165, 1.54) is 0 Å². The fourth-order valence-electron chi connectivity index (χ4n) is 4.68. The van der Waals surface area contributed by atoms with E-state index < -0.39 is 10.0 Å². The molecule has 31 heavy (non-hydrogen) atoms. The Morgan fingerprint density at radius 3 is 2.29 bits per heavy atom. The number of rotatable bonds is 3. The molecule has 0 aromatic heterocycles. The highest BCUT2D eigenvalue weighted by atomic mass is 32.2. The van der Waals surface area contributed by atoms with Crippen molar-refractivity contribution in [3.05, 3.63) is 78.4 Å². The largest absolute Gasteiger partial charge is 0.323 e. The third kappa shape index (κ3) is 3.54. The van der Waals surface area contributed by atoms with Crippen molar-refractivity contribution in [3.63, 3.8) is 0 Å². The zero-order valence-corrected chi connectivity index (χ0v) is 18.7. The van der Waals surface area contributed by atoms with Gasteiger partial charge >= 0.3 is 0 Å². The lowest BCUT2D eigenvalue weighted by Gasteiger charge is -2.43. The summed E-state index contributed by atoms with van der Waals surface area (Å²) >= 11 is 1.79. The molecule has 5 nitrogen and oxygen atoms in total. The van der Waals surface area contributed by atoms with E-state index in [2.05, 4.69) is 0 Å². The summed E-state index contributed by atoms with van der Waals surface area (Å²) in [5.41, 5.74) is 0.690. The molecule has 2 saturated heterocycles. The first kappa shape index (κ1) is 20.5. The van der Waals surface area contributed by atoms with Gasteiger partial charge in [0, 0.05) is 36.3 Å². The first-order valence-corrected chi connectivity index (χ1v) is 12.9. The summed E-state index contributed by atoms with van der Waals surface area (Å²) in [7, 11) is -3.60. The summed E-state index contributed by atoms with van der Waals surface area (Å²) in [5, 5.41) is 1.67. The van der Waals surface area contributed by atoms with Crippen LogP contribution in [0.1, 0.15) is 23.2 Å². The van der Waals surface area contributed by atoms with E-state index in [0.717, 1.165) is 16.5 Å². The van der Waals surface area contributed by atoms with E-state index in [4.69, 9.17) is 0 Å². The molecule has 3 aromatic carbocycles. The first-order valence-electron chi connectivity index (χ1n) is 10.5. The van der Waals surface area contributed by atoms with Gasteiger partial charge in [0.1, 0.15) is 0 Å². The summed E-state index contributed by atoms with van der Waals surface area (Å²) in [6.45, 7) is 1.53. The molecular formula is C24H24N2O3S2. The zero-order valence-electron chi connectivity index (χ0n) is 17.1. The van der Waals surface area contributed by atoms with Crippen LogP contribution in [-0.4, -0.2) is 53.8 Å². The van der Waals surface area contributed by atoms with E-state index >= 15 is 0 Å². The second kappa shape index (κ2) is 7.97. The van der Waals surface area contributed by atoms with Crippen LogP contribution in [0.2, 0.25) is 0 Å². The van der Waals surface area contributed by atoms with Gasteiger partial charge in [-0.1, -0.05) is 54.6 Å². The Labute approximate surface area is 187 Å². The van der Waals surface area contributed by atoms with Gasteiger partial charge in [-0.3, -0.25) is 4.79 Å². The Balaban J connectivity index is 1.39. The van der Waals surface area contributed by atoms with Gasteiger partial charge in [0.25, 0.3) is 5.91 Å². The highest BCUT2D eigenvalue weighted by molar-refractivity contribution is 8.00. The minimum absolute atomic E-state index is 0.0379. The van der Waals surface area contributed by atoms with E-state index in [0.29, 0.717) is 42.9 Å². The van der Waals surface area contributed by atoms with Gasteiger partial charge in [-0.2, -0.15) is 4.31 Å². The predicted octanol–water partition coefficient (Wildman–Crippen LogP) is 4.21. The van der Waals surface area contributed by atoms with Crippen LogP contribution in [0.25, 0.3) is 10.8 Å². The molecule has 5 rings (SSSR count). The number of benzene rings is 3. The van der Waals surface area contributed by atoms with E-state index in [1.54, 1.807) is 28.2 Å². The minimum Gasteiger partial charge on any atom is -0.323 e. The lowest BCUT2D eigenvalue weighted by Crippen LogP contribution is -2.53. The second-order valence-corrected chi connectivity index (χ2v) is 11.4. The maximum Gasteiger partial charge on any atom is 0.254 e. The highest BCUT2D eigenvalue weighted by Crippen LogP contribution is 2.45. The molecule has 0 radical (unpaired) electrons. The van der Waals surface area contributed by atoms with Crippen molar-refractivity contribution >= 4 is 38.5 Å². The Morgan fingerprint density at radius 1 is 0.839 bits per heavy atom. The molecule has 0 aliphatic carbocycles. The third-order valence-electron chi connectivity index (χ3n) is 6.31. The Bertz CT molecular complexity index is 1210. The Kier molecular flexibility index (Phi) is 5.28. The fraction of sp³-hybridized carbons (Fsp3) is 0.292. The molecule has 2 fully saturated rings. The average molecular weight is 453 g/mol. The van der Waals surface area contributed by atoms with E-state index in [1.807, 2.05) is 65.6 Å². The van der Waals surface area contributed by atoms with Crippen molar-refractivity contribution in [1.29, 1.82) is 0 Å². The summed E-state index contributed by atoms with van der Waals surface area (Å²) in [5.74, 6) is 0.922. The Morgan fingerprint density at radius 2 is 1.52 bits per heavy atom. The van der Waals surface area contributed by atoms with Gasteiger partial charge in [-0.15, -0.1) is 11.8 Å². The van der Waals surface area contributed by atoms with Crippen LogP contribution in [0.5, 0.6) is 0 Å². The molecule has 3 aromatic rings. The molecule has 0 saturated carbocycles. The molecular weight excluding hydrogens is 428 g/mol. The van der Waals surface area contributed by atoms with Crippen molar-refractivity contribution in [2.45, 2.75) is 22.6 Å². The maximum absolute atomic E-state index is 13.5. The number of amides is 1. The van der Waals surface area contributed by atoms with Gasteiger partial charge in [-0.05, 0) is 36.4 Å². The number of carbonyl (C=O) groups excluding carboxylic acids is 1. The monoisotopic (exact) mass is 452 g/mol. The van der Waals surface area contributed by atoms with Crippen molar-refractivity contribution in [1.82, 2.24) is 9.21 Å². The van der Waals surface area contributed by atoms with Crippen LogP contribution in [0.4, 0.5) is 0 Å². The van der Waals surface area contributed by atoms with E-state index in [9.17, 15) is 13.2 Å². The molecule has 160 valence electrons. The third-order valence-corrected chi connectivity index (χ3v) is 9.82. The molecule has 2 aliphatic heterocycles. The molecule has 0 atom stereocenters. The summed E-state index contributed by atoms with van der Waals surface area (Å²) < 4.78 is 28.5. The van der Waals surface area contributed by atoms with Crippen LogP contribution in [0, 0.1) is 0 Å². The lowest BCUT2D eigenvalue weighted by atomic mass is 10.0. The number of thioether (sulfide) groups is 1. The van der Waals surface area contributed by atoms with Crippen LogP contribution in [0.15, 0.2) is 77.7 Å². The number of nitrogens with zero attached hydrogens (tertiary/aromatic N) is 2. The average Bonchev–Trinajstić information content (AvgIpc) is 3.21. The predicted molar refractivity (Wildman–Crippen MR) is 125 cm³/mol. The van der Waals surface area contributed by atoms with Crippen LogP contribution in [0.3, 0.4) is 0 Å². The summed E-state index contributed by atoms with van der Waals surface area (Å²) in [4.78, 5) is 15.2. The number of carbonyl (C=O) groups is 1. The molecule has 0 unspecified atom stereocenters. The highest BCUT2D eigenvalue weighted by Gasteiger charge is 2.48. The molecule has 0 bridgehead atoms. The van der Waals surface area contributed by atoms with Crippen LogP contribution < -0.4 is 0 Å². The van der Waals surface area contributed by atoms with Crippen molar-refractivity contribution in [2.24, 2.45) is 0 Å². The second-order valence-electron chi connectivity index (χ2n) is 8.00. The number of hydrogen-bond donors (Lipinski definition) is 0. The fourth-order valence-corrected chi connectivity index (χ4v) is 7.79. The van der Waals surface area contributed by atoms with Gasteiger partial charge in [0.05, 0.1) is 9.77 Å². The Hall–Kier alpha value is -2.35. The normalized spacial score (nSPS) is 19.2. The van der Waals surface area contributed by atoms with Crippen LogP contribution >= 0.6 is 11.8 Å². The quantitative estimate of drug-likeness (QED) is 0.597. The SMILES string of the molecule is O=C(c1ccccc1)N1CCSC12CCN(S(=O)(=O)c1cccc3ccccc13)CC2. The molecule has 7 heteroatoms. The summed E-state index contributed by atoms with van der Waals surface area (Å²) in [6.07, 6.45) is 1.28. The molecule has 2 heterocycles. The molecule has 1 spiro atoms. The number of sulfonamides is 1. The van der Waals surface area contributed by atoms with Crippen molar-refractivity contribution < 1.29 is 13.2 Å². The molecule has 1 amide bonds.